The van der Waals surface area contributed by atoms with Crippen LogP contribution in [0, 0.1) is 16.7 Å². The van der Waals surface area contributed by atoms with Crippen molar-refractivity contribution in [2.24, 2.45) is 5.41 Å². The molecule has 0 saturated carbocycles. The molecule has 2 rings (SSSR count). The number of piperidine rings is 1. The summed E-state index contributed by atoms with van der Waals surface area (Å²) < 4.78 is 2.01. The standard InChI is InChI=1S/C15H23ClN4/c1-4-12-14(16)13(20(5-2)18-12)10-19-8-6-15(3,11-17)7-9-19/h4-10H2,1-3H3. The van der Waals surface area contributed by atoms with Crippen molar-refractivity contribution in [3.8, 4) is 6.07 Å². The van der Waals surface area contributed by atoms with E-state index in [0.717, 1.165) is 61.9 Å². The number of aryl methyl sites for hydroxylation is 2. The third-order valence-corrected chi connectivity index (χ3v) is 4.73. The number of likely N-dealkylation sites (tertiary alicyclic amines) is 1. The molecule has 0 aliphatic carbocycles. The maximum atomic E-state index is 9.18. The Balaban J connectivity index is 2.08. The highest BCUT2D eigenvalue weighted by Gasteiger charge is 2.30. The van der Waals surface area contributed by atoms with Gasteiger partial charge >= 0.3 is 0 Å². The monoisotopic (exact) mass is 294 g/mol. The first-order valence-electron chi connectivity index (χ1n) is 7.40. The number of hydrogen-bond donors (Lipinski definition) is 0. The maximum Gasteiger partial charge on any atom is 0.0863 e. The van der Waals surface area contributed by atoms with Gasteiger partial charge in [0.15, 0.2) is 0 Å². The highest BCUT2D eigenvalue weighted by Crippen LogP contribution is 2.31. The minimum Gasteiger partial charge on any atom is -0.297 e. The van der Waals surface area contributed by atoms with E-state index in [1.54, 1.807) is 0 Å². The summed E-state index contributed by atoms with van der Waals surface area (Å²) in [7, 11) is 0. The Hall–Kier alpha value is -1.05. The fraction of sp³-hybridized carbons (Fsp3) is 0.733. The SMILES string of the molecule is CCc1nn(CC)c(CN2CCC(C)(C#N)CC2)c1Cl. The first-order chi connectivity index (χ1) is 9.53. The zero-order valence-electron chi connectivity index (χ0n) is 12.6. The quantitative estimate of drug-likeness (QED) is 0.856. The van der Waals surface area contributed by atoms with E-state index in [-0.39, 0.29) is 5.41 Å². The number of rotatable bonds is 4. The van der Waals surface area contributed by atoms with Gasteiger partial charge in [0.05, 0.1) is 27.9 Å². The Labute approximate surface area is 126 Å². The highest BCUT2D eigenvalue weighted by molar-refractivity contribution is 6.31. The summed E-state index contributed by atoms with van der Waals surface area (Å²) in [5.41, 5.74) is 1.95. The van der Waals surface area contributed by atoms with Crippen LogP contribution in [0.5, 0.6) is 0 Å². The summed E-state index contributed by atoms with van der Waals surface area (Å²) in [6, 6.07) is 2.44. The molecule has 0 unspecified atom stereocenters. The fourth-order valence-electron chi connectivity index (χ4n) is 2.70. The highest BCUT2D eigenvalue weighted by atomic mass is 35.5. The molecule has 1 fully saturated rings. The molecule has 1 aromatic rings. The molecule has 0 bridgehead atoms. The molecule has 110 valence electrons. The predicted molar refractivity (Wildman–Crippen MR) is 80.5 cm³/mol. The maximum absolute atomic E-state index is 9.18. The molecular weight excluding hydrogens is 272 g/mol. The second-order valence-corrected chi connectivity index (χ2v) is 6.20. The zero-order valence-corrected chi connectivity index (χ0v) is 13.4. The lowest BCUT2D eigenvalue weighted by atomic mass is 9.82. The van der Waals surface area contributed by atoms with Gasteiger partial charge in [-0.3, -0.25) is 9.58 Å². The average Bonchev–Trinajstić information content (AvgIpc) is 2.78. The van der Waals surface area contributed by atoms with E-state index in [1.807, 2.05) is 4.68 Å². The van der Waals surface area contributed by atoms with Gasteiger partial charge in [0, 0.05) is 26.2 Å². The first kappa shape index (κ1) is 15.3. The second-order valence-electron chi connectivity index (χ2n) is 5.83. The second kappa shape index (κ2) is 6.15. The van der Waals surface area contributed by atoms with E-state index in [9.17, 15) is 5.26 Å². The molecular formula is C15H23ClN4. The van der Waals surface area contributed by atoms with Crippen LogP contribution in [-0.4, -0.2) is 27.8 Å². The minimum atomic E-state index is -0.153. The third kappa shape index (κ3) is 2.99. The third-order valence-electron chi connectivity index (χ3n) is 4.30. The smallest absolute Gasteiger partial charge is 0.0863 e. The van der Waals surface area contributed by atoms with Gasteiger partial charge in [-0.2, -0.15) is 10.4 Å². The van der Waals surface area contributed by atoms with Crippen molar-refractivity contribution in [3.63, 3.8) is 0 Å². The van der Waals surface area contributed by atoms with Gasteiger partial charge in [0.2, 0.25) is 0 Å². The zero-order chi connectivity index (χ0) is 14.8. The van der Waals surface area contributed by atoms with Crippen molar-refractivity contribution in [1.29, 1.82) is 5.26 Å². The van der Waals surface area contributed by atoms with Gasteiger partial charge in [-0.05, 0) is 33.1 Å². The Morgan fingerprint density at radius 1 is 1.35 bits per heavy atom. The molecule has 1 aliphatic rings. The number of nitrogens with zero attached hydrogens (tertiary/aromatic N) is 4. The minimum absolute atomic E-state index is 0.153. The van der Waals surface area contributed by atoms with Gasteiger partial charge < -0.3 is 0 Å². The number of hydrogen-bond acceptors (Lipinski definition) is 3. The average molecular weight is 295 g/mol. The number of halogens is 1. The van der Waals surface area contributed by atoms with Crippen LogP contribution in [0.1, 0.15) is 45.0 Å². The molecule has 0 radical (unpaired) electrons. The molecule has 0 spiro atoms. The molecule has 4 nitrogen and oxygen atoms in total. The Bertz CT molecular complexity index is 507. The van der Waals surface area contributed by atoms with Crippen LogP contribution in [0.3, 0.4) is 0 Å². The van der Waals surface area contributed by atoms with Crippen molar-refractivity contribution in [1.82, 2.24) is 14.7 Å². The number of nitriles is 1. The fourth-order valence-corrected chi connectivity index (χ4v) is 3.03. The molecule has 0 atom stereocenters. The van der Waals surface area contributed by atoms with E-state index in [0.29, 0.717) is 0 Å². The lowest BCUT2D eigenvalue weighted by Gasteiger charge is -2.34. The number of aromatic nitrogens is 2. The van der Waals surface area contributed by atoms with Gasteiger partial charge in [-0.25, -0.2) is 0 Å². The molecule has 0 N–H and O–H groups in total. The van der Waals surface area contributed by atoms with Crippen LogP contribution in [0.2, 0.25) is 5.02 Å². The Morgan fingerprint density at radius 2 is 2.00 bits per heavy atom. The molecule has 0 amide bonds. The normalized spacial score (nSPS) is 18.9. The van der Waals surface area contributed by atoms with Crippen LogP contribution >= 0.6 is 11.6 Å². The van der Waals surface area contributed by atoms with Crippen molar-refractivity contribution >= 4 is 11.6 Å². The van der Waals surface area contributed by atoms with Gasteiger partial charge in [0.25, 0.3) is 0 Å². The predicted octanol–water partition coefficient (Wildman–Crippen LogP) is 3.24. The van der Waals surface area contributed by atoms with Crippen molar-refractivity contribution in [2.75, 3.05) is 13.1 Å². The van der Waals surface area contributed by atoms with Crippen molar-refractivity contribution < 1.29 is 0 Å². The van der Waals surface area contributed by atoms with E-state index in [2.05, 4.69) is 36.8 Å². The molecule has 2 heterocycles. The van der Waals surface area contributed by atoms with Gasteiger partial charge in [-0.1, -0.05) is 18.5 Å². The summed E-state index contributed by atoms with van der Waals surface area (Å²) >= 11 is 6.45. The van der Waals surface area contributed by atoms with Crippen LogP contribution < -0.4 is 0 Å². The molecule has 1 aromatic heterocycles. The van der Waals surface area contributed by atoms with Gasteiger partial charge in [0.1, 0.15) is 0 Å². The van der Waals surface area contributed by atoms with E-state index < -0.39 is 0 Å². The summed E-state index contributed by atoms with van der Waals surface area (Å²) in [4.78, 5) is 2.38. The van der Waals surface area contributed by atoms with Crippen LogP contribution in [0.4, 0.5) is 0 Å². The van der Waals surface area contributed by atoms with Gasteiger partial charge in [-0.15, -0.1) is 0 Å². The Morgan fingerprint density at radius 3 is 2.50 bits per heavy atom. The first-order valence-corrected chi connectivity index (χ1v) is 7.78. The summed E-state index contributed by atoms with van der Waals surface area (Å²) in [5, 5.41) is 14.6. The van der Waals surface area contributed by atoms with Crippen LogP contribution in [-0.2, 0) is 19.5 Å². The van der Waals surface area contributed by atoms with E-state index >= 15 is 0 Å². The summed E-state index contributed by atoms with van der Waals surface area (Å²) in [5.74, 6) is 0. The van der Waals surface area contributed by atoms with Crippen LogP contribution in [0.25, 0.3) is 0 Å². The van der Waals surface area contributed by atoms with Crippen molar-refractivity contribution in [2.45, 2.75) is 53.1 Å². The molecule has 1 saturated heterocycles. The lowest BCUT2D eigenvalue weighted by Crippen LogP contribution is -2.38. The van der Waals surface area contributed by atoms with E-state index in [4.69, 9.17) is 11.6 Å². The molecule has 1 aliphatic heterocycles. The summed E-state index contributed by atoms with van der Waals surface area (Å²) in [6.07, 6.45) is 2.73. The van der Waals surface area contributed by atoms with Crippen LogP contribution in [0.15, 0.2) is 0 Å². The molecule has 5 heteroatoms. The van der Waals surface area contributed by atoms with E-state index in [1.165, 1.54) is 0 Å². The topological polar surface area (TPSA) is 44.9 Å². The largest absolute Gasteiger partial charge is 0.297 e. The lowest BCUT2D eigenvalue weighted by molar-refractivity contribution is 0.147. The summed E-state index contributed by atoms with van der Waals surface area (Å²) in [6.45, 7) is 9.82. The van der Waals surface area contributed by atoms with Crippen molar-refractivity contribution in [3.05, 3.63) is 16.4 Å². The molecule has 20 heavy (non-hydrogen) atoms. The Kier molecular flexibility index (Phi) is 4.72. The molecule has 0 aromatic carbocycles.